The molecule has 0 unspecified atom stereocenters. The van der Waals surface area contributed by atoms with Crippen molar-refractivity contribution >= 4 is 49.8 Å². The lowest BCUT2D eigenvalue weighted by Gasteiger charge is -2.35. The third kappa shape index (κ3) is 4.79. The highest BCUT2D eigenvalue weighted by Gasteiger charge is 2.44. The maximum Gasteiger partial charge on any atom is 0.257 e. The smallest absolute Gasteiger partial charge is 0.257 e. The zero-order valence-electron chi connectivity index (χ0n) is 20.7. The van der Waals surface area contributed by atoms with Gasteiger partial charge in [0.2, 0.25) is 5.88 Å². The molecule has 6 rings (SSSR count). The van der Waals surface area contributed by atoms with E-state index in [0.717, 1.165) is 36.1 Å². The Labute approximate surface area is 227 Å². The van der Waals surface area contributed by atoms with Crippen LogP contribution in [0.15, 0.2) is 40.9 Å². The van der Waals surface area contributed by atoms with E-state index >= 15 is 4.39 Å². The van der Waals surface area contributed by atoms with Crippen LogP contribution in [0, 0.1) is 11.2 Å². The fourth-order valence-electron chi connectivity index (χ4n) is 5.70. The van der Waals surface area contributed by atoms with Crippen molar-refractivity contribution in [2.75, 3.05) is 41.3 Å². The number of aromatic hydroxyl groups is 1. The van der Waals surface area contributed by atoms with Gasteiger partial charge >= 0.3 is 0 Å². The van der Waals surface area contributed by atoms with Gasteiger partial charge in [-0.2, -0.15) is 0 Å². The van der Waals surface area contributed by atoms with E-state index in [-0.39, 0.29) is 35.9 Å². The van der Waals surface area contributed by atoms with Crippen molar-refractivity contribution in [3.63, 3.8) is 0 Å². The molecule has 3 fully saturated rings. The van der Waals surface area contributed by atoms with Gasteiger partial charge in [0.15, 0.2) is 5.82 Å². The average molecular weight is 589 g/mol. The maximum absolute atomic E-state index is 16.0. The Hall–Kier alpha value is -3.01. The van der Waals surface area contributed by atoms with E-state index < -0.39 is 30.5 Å². The first kappa shape index (κ1) is 25.3. The van der Waals surface area contributed by atoms with Crippen molar-refractivity contribution in [2.45, 2.75) is 44.4 Å². The number of halogens is 4. The van der Waals surface area contributed by atoms with E-state index in [9.17, 15) is 18.7 Å². The van der Waals surface area contributed by atoms with Crippen molar-refractivity contribution in [1.82, 2.24) is 4.98 Å². The van der Waals surface area contributed by atoms with Gasteiger partial charge in [-0.05, 0) is 61.4 Å². The normalized spacial score (nSPS) is 20.1. The Morgan fingerprint density at radius 3 is 2.32 bits per heavy atom. The summed E-state index contributed by atoms with van der Waals surface area (Å²) in [5, 5.41) is 13.2. The van der Waals surface area contributed by atoms with E-state index in [0.29, 0.717) is 16.4 Å². The van der Waals surface area contributed by atoms with Gasteiger partial charge in [0.1, 0.15) is 11.2 Å². The molecule has 38 heavy (non-hydrogen) atoms. The minimum Gasteiger partial charge on any atom is -0.493 e. The molecular formula is C28H28BrF3N4O2. The second-order valence-corrected chi connectivity index (χ2v) is 11.7. The highest BCUT2D eigenvalue weighted by Crippen LogP contribution is 2.54. The van der Waals surface area contributed by atoms with Crippen LogP contribution >= 0.6 is 15.9 Å². The van der Waals surface area contributed by atoms with E-state index in [2.05, 4.69) is 31.1 Å². The van der Waals surface area contributed by atoms with Crippen LogP contribution in [-0.4, -0.2) is 48.1 Å². The summed E-state index contributed by atoms with van der Waals surface area (Å²) in [5.41, 5.74) is 1.81. The Balaban J connectivity index is 1.34. The van der Waals surface area contributed by atoms with E-state index in [4.69, 9.17) is 0 Å². The summed E-state index contributed by atoms with van der Waals surface area (Å²) >= 11 is 3.52. The van der Waals surface area contributed by atoms with Crippen LogP contribution in [0.4, 0.5) is 30.2 Å². The molecule has 3 aromatic rings. The van der Waals surface area contributed by atoms with Gasteiger partial charge < -0.3 is 20.2 Å². The fraction of sp³-hybridized carbons (Fsp3) is 0.429. The number of nitrogens with one attached hydrogen (secondary N) is 1. The number of aromatic nitrogens is 1. The molecule has 1 aromatic heterocycles. The van der Waals surface area contributed by atoms with E-state index in [1.165, 1.54) is 29.9 Å². The lowest BCUT2D eigenvalue weighted by atomic mass is 9.93. The number of nitrogens with zero attached hydrogens (tertiary/aromatic N) is 3. The number of carbonyl (C=O) groups is 1. The van der Waals surface area contributed by atoms with Gasteiger partial charge in [0.25, 0.3) is 11.8 Å². The van der Waals surface area contributed by atoms with Crippen molar-refractivity contribution in [3.05, 3.63) is 52.3 Å². The van der Waals surface area contributed by atoms with Crippen LogP contribution < -0.4 is 15.1 Å². The van der Waals surface area contributed by atoms with Gasteiger partial charge in [-0.15, -0.1) is 0 Å². The molecule has 2 aromatic carbocycles. The molecule has 1 amide bonds. The minimum atomic E-state index is -2.81. The molecule has 6 nitrogen and oxygen atoms in total. The number of hydrogen-bond acceptors (Lipinski definition) is 5. The summed E-state index contributed by atoms with van der Waals surface area (Å²) in [6, 6.07) is 9.84. The van der Waals surface area contributed by atoms with E-state index in [1.54, 1.807) is 18.2 Å². The van der Waals surface area contributed by atoms with Gasteiger partial charge in [-0.25, -0.2) is 18.2 Å². The zero-order valence-corrected chi connectivity index (χ0v) is 22.3. The number of piperidine rings is 2. The number of rotatable bonds is 4. The standard InChI is InChI=1S/C28H28BrF3N4O2/c29-18-2-3-19(21(16-18)35-11-7-27(5-6-27)8-12-35)26(38)33-20-15-17-1-4-22(37)34-24(17)25(23(20)30)36-13-9-28(31,32)10-14-36/h1-4,15-16H,5-14H2,(H,33,38)(H,34,37). The van der Waals surface area contributed by atoms with Crippen LogP contribution in [0.5, 0.6) is 5.88 Å². The average Bonchev–Trinajstić information content (AvgIpc) is 3.64. The lowest BCUT2D eigenvalue weighted by molar-refractivity contribution is -0.0221. The molecule has 2 N–H and O–H groups in total. The van der Waals surface area contributed by atoms with Crippen LogP contribution in [0.2, 0.25) is 0 Å². The minimum absolute atomic E-state index is 0.00555. The Bertz CT molecular complexity index is 1410. The molecular weight excluding hydrogens is 561 g/mol. The van der Waals surface area contributed by atoms with Crippen LogP contribution in [-0.2, 0) is 0 Å². The third-order valence-electron chi connectivity index (χ3n) is 8.27. The van der Waals surface area contributed by atoms with Crippen LogP contribution in [0.1, 0.15) is 48.9 Å². The first-order valence-electron chi connectivity index (χ1n) is 12.9. The Kier molecular flexibility index (Phi) is 6.20. The maximum atomic E-state index is 16.0. The topological polar surface area (TPSA) is 68.7 Å². The molecule has 0 bridgehead atoms. The Morgan fingerprint density at radius 1 is 0.947 bits per heavy atom. The summed E-state index contributed by atoms with van der Waals surface area (Å²) in [6.45, 7) is 1.59. The molecule has 3 aliphatic rings. The Morgan fingerprint density at radius 2 is 1.63 bits per heavy atom. The molecule has 1 saturated carbocycles. The molecule has 10 heteroatoms. The van der Waals surface area contributed by atoms with Gasteiger partial charge in [-0.1, -0.05) is 15.9 Å². The van der Waals surface area contributed by atoms with Crippen LogP contribution in [0.25, 0.3) is 10.9 Å². The summed E-state index contributed by atoms with van der Waals surface area (Å²) in [5.74, 6) is -4.33. The molecule has 2 saturated heterocycles. The molecule has 0 radical (unpaired) electrons. The zero-order chi connectivity index (χ0) is 26.7. The number of benzene rings is 2. The van der Waals surface area contributed by atoms with Gasteiger partial charge in [0, 0.05) is 54.9 Å². The monoisotopic (exact) mass is 588 g/mol. The molecule has 2 aliphatic heterocycles. The molecule has 3 heterocycles. The fourth-order valence-corrected chi connectivity index (χ4v) is 6.05. The van der Waals surface area contributed by atoms with Crippen molar-refractivity contribution in [3.8, 4) is 5.88 Å². The number of carbonyl (C=O) groups excluding carboxylic acids is 1. The van der Waals surface area contributed by atoms with Crippen molar-refractivity contribution in [2.24, 2.45) is 5.41 Å². The third-order valence-corrected chi connectivity index (χ3v) is 8.76. The molecule has 200 valence electrons. The van der Waals surface area contributed by atoms with Crippen molar-refractivity contribution < 1.29 is 23.1 Å². The second-order valence-electron chi connectivity index (χ2n) is 10.8. The summed E-state index contributed by atoms with van der Waals surface area (Å²) in [4.78, 5) is 21.4. The largest absolute Gasteiger partial charge is 0.493 e. The molecule has 1 aliphatic carbocycles. The highest BCUT2D eigenvalue weighted by molar-refractivity contribution is 9.10. The summed E-state index contributed by atoms with van der Waals surface area (Å²) < 4.78 is 44.5. The van der Waals surface area contributed by atoms with Gasteiger partial charge in [-0.3, -0.25) is 4.79 Å². The summed E-state index contributed by atoms with van der Waals surface area (Å²) in [7, 11) is 0. The predicted octanol–water partition coefficient (Wildman–Crippen LogP) is 6.71. The molecule has 0 atom stereocenters. The van der Waals surface area contributed by atoms with Gasteiger partial charge in [0.05, 0.1) is 16.9 Å². The van der Waals surface area contributed by atoms with E-state index in [1.807, 2.05) is 6.07 Å². The SMILES string of the molecule is O=C(Nc1cc2ccc(O)nc2c(N2CCC(F)(F)CC2)c1F)c1ccc(Br)cc1N1CCC2(CC1)CC2. The first-order chi connectivity index (χ1) is 18.1. The highest BCUT2D eigenvalue weighted by atomic mass is 79.9. The first-order valence-corrected chi connectivity index (χ1v) is 13.7. The molecule has 1 spiro atoms. The van der Waals surface area contributed by atoms with Crippen LogP contribution in [0.3, 0.4) is 0 Å². The number of amides is 1. The predicted molar refractivity (Wildman–Crippen MR) is 145 cm³/mol. The number of anilines is 3. The lowest BCUT2D eigenvalue weighted by Crippen LogP contribution is -2.40. The number of alkyl halides is 2. The second kappa shape index (κ2) is 9.32. The number of hydrogen-bond donors (Lipinski definition) is 2. The quantitative estimate of drug-likeness (QED) is 0.354. The number of fused-ring (bicyclic) bond motifs is 1. The van der Waals surface area contributed by atoms with Crippen molar-refractivity contribution in [1.29, 1.82) is 0 Å². The number of pyridine rings is 1. The summed E-state index contributed by atoms with van der Waals surface area (Å²) in [6.07, 6.45) is 3.91.